The van der Waals surface area contributed by atoms with Gasteiger partial charge in [0.15, 0.2) is 5.78 Å². The Morgan fingerprint density at radius 3 is 1.39 bits per heavy atom. The third kappa shape index (κ3) is 6.67. The number of aromatic amines is 4. The quantitative estimate of drug-likeness (QED) is 0.0948. The number of H-pyrrole nitrogens is 4. The lowest BCUT2D eigenvalue weighted by atomic mass is 9.90. The van der Waals surface area contributed by atoms with Crippen LogP contribution in [0.2, 0.25) is 0 Å². The molecule has 8 bridgehead atoms. The van der Waals surface area contributed by atoms with Crippen LogP contribution < -0.4 is 26.1 Å². The average Bonchev–Trinajstić information content (AvgIpc) is 3.97. The van der Waals surface area contributed by atoms with Gasteiger partial charge in [-0.25, -0.2) is 0 Å². The van der Waals surface area contributed by atoms with E-state index in [0.717, 1.165) is 124 Å². The second-order valence-corrected chi connectivity index (χ2v) is 15.2. The largest absolute Gasteiger partial charge is 0.497 e. The Balaban J connectivity index is 1.79. The highest BCUT2D eigenvalue weighted by Crippen LogP contribution is 2.34. The van der Waals surface area contributed by atoms with Crippen molar-refractivity contribution in [3.63, 3.8) is 0 Å². The molecule has 0 saturated carbocycles. The van der Waals surface area contributed by atoms with Crippen LogP contribution in [-0.2, 0) is 51.4 Å². The summed E-state index contributed by atoms with van der Waals surface area (Å²) >= 11 is 0. The zero-order chi connectivity index (χ0) is 40.5. The molecular formula is C51H60N4O2. The van der Waals surface area contributed by atoms with Crippen molar-refractivity contribution >= 4 is 29.1 Å². The molecule has 0 spiro atoms. The highest BCUT2D eigenvalue weighted by Gasteiger charge is 2.26. The van der Waals surface area contributed by atoms with Gasteiger partial charge in [0, 0.05) is 38.8 Å². The highest BCUT2D eigenvalue weighted by molar-refractivity contribution is 6.01. The van der Waals surface area contributed by atoms with Gasteiger partial charge in [-0.3, -0.25) is 4.79 Å². The average molecular weight is 761 g/mol. The number of benzene rings is 2. The van der Waals surface area contributed by atoms with E-state index in [4.69, 9.17) is 4.74 Å². The molecule has 1 aliphatic heterocycles. The molecule has 5 heterocycles. The predicted molar refractivity (Wildman–Crippen MR) is 236 cm³/mol. The number of ketones is 1. The lowest BCUT2D eigenvalue weighted by Crippen LogP contribution is -2.19. The summed E-state index contributed by atoms with van der Waals surface area (Å²) in [7, 11) is 1.73. The Morgan fingerprint density at radius 2 is 0.947 bits per heavy atom. The Bertz CT molecular complexity index is 2730. The normalized spacial score (nSPS) is 12.5. The van der Waals surface area contributed by atoms with Crippen molar-refractivity contribution in [2.75, 3.05) is 7.11 Å². The first kappa shape index (κ1) is 39.7. The monoisotopic (exact) mass is 760 g/mol. The lowest BCUT2D eigenvalue weighted by Gasteiger charge is -2.14. The van der Waals surface area contributed by atoms with Crippen molar-refractivity contribution in [2.45, 2.75) is 114 Å². The summed E-state index contributed by atoms with van der Waals surface area (Å²) in [6.45, 7) is 19.8. The van der Waals surface area contributed by atoms with E-state index in [-0.39, 0.29) is 5.78 Å². The molecule has 2 aromatic carbocycles. The summed E-state index contributed by atoms with van der Waals surface area (Å²) in [6, 6.07) is 16.7. The maximum atomic E-state index is 13.4. The minimum absolute atomic E-state index is 0.0607. The topological polar surface area (TPSA) is 89.5 Å². The number of ether oxygens (including phenoxy) is 1. The van der Waals surface area contributed by atoms with E-state index in [0.29, 0.717) is 0 Å². The summed E-state index contributed by atoms with van der Waals surface area (Å²) in [5, 5.41) is 4.50. The van der Waals surface area contributed by atoms with Gasteiger partial charge in [0.25, 0.3) is 0 Å². The van der Waals surface area contributed by atoms with E-state index >= 15 is 0 Å². The van der Waals surface area contributed by atoms with Gasteiger partial charge >= 0.3 is 0 Å². The Kier molecular flexibility index (Phi) is 11.5. The Hall–Kier alpha value is -5.49. The molecule has 0 atom stereocenters. The standard InChI is InChI=1S/C51H60N4O2/c1-11-32-36(15-5)48-46(30-23-25-31(57-10)26-24-30)49-37(16-6)33(12-2)43(53-49)28-45-35(14-4)39(18-8)51(55-45)47(41-22-20-19-21-40(41)29(9)56)50-38(17-7)34(13-3)44(54-50)27-42(32)52-48/h19-28,52-55H,11-18H2,1-10H3. The van der Waals surface area contributed by atoms with Gasteiger partial charge < -0.3 is 24.7 Å². The summed E-state index contributed by atoms with van der Waals surface area (Å²) in [6.07, 6.45) is 11.8. The molecule has 0 fully saturated rings. The van der Waals surface area contributed by atoms with Gasteiger partial charge in [-0.2, -0.15) is 0 Å². The zero-order valence-corrected chi connectivity index (χ0v) is 35.7. The van der Waals surface area contributed by atoms with Crippen molar-refractivity contribution < 1.29 is 9.53 Å². The molecule has 0 radical (unpaired) electrons. The number of fused-ring (bicyclic) bond motifs is 8. The van der Waals surface area contributed by atoms with E-state index in [9.17, 15) is 4.79 Å². The first-order valence-electron chi connectivity index (χ1n) is 21.4. The minimum atomic E-state index is 0.0607. The van der Waals surface area contributed by atoms with Gasteiger partial charge in [0.05, 0.1) is 29.2 Å². The molecular weight excluding hydrogens is 701 g/mol. The number of carbonyl (C=O) groups is 1. The summed E-state index contributed by atoms with van der Waals surface area (Å²) in [4.78, 5) is 29.6. The number of carbonyl (C=O) groups excluding carboxylic acids is 1. The van der Waals surface area contributed by atoms with Gasteiger partial charge in [-0.05, 0) is 138 Å². The highest BCUT2D eigenvalue weighted by atomic mass is 16.5. The van der Waals surface area contributed by atoms with E-state index in [1.54, 1.807) is 14.0 Å². The molecule has 6 nitrogen and oxygen atoms in total. The molecule has 296 valence electrons. The van der Waals surface area contributed by atoms with E-state index in [2.05, 4.69) is 124 Å². The van der Waals surface area contributed by atoms with Crippen molar-refractivity contribution in [3.05, 3.63) is 154 Å². The van der Waals surface area contributed by atoms with Crippen LogP contribution in [0.4, 0.5) is 0 Å². The first-order chi connectivity index (χ1) is 27.7. The fraction of sp³-hybridized carbons (Fsp3) is 0.353. The molecule has 6 heteroatoms. The van der Waals surface area contributed by atoms with Gasteiger partial charge in [0.1, 0.15) is 5.75 Å². The molecule has 0 aliphatic carbocycles. The molecule has 6 aromatic rings. The van der Waals surface area contributed by atoms with Crippen LogP contribution in [0.1, 0.15) is 151 Å². The van der Waals surface area contributed by atoms with Crippen LogP contribution >= 0.6 is 0 Å². The van der Waals surface area contributed by atoms with Crippen molar-refractivity contribution in [1.29, 1.82) is 0 Å². The van der Waals surface area contributed by atoms with E-state index in [1.165, 1.54) is 50.1 Å². The van der Waals surface area contributed by atoms with Crippen LogP contribution in [-0.4, -0.2) is 32.8 Å². The third-order valence-electron chi connectivity index (χ3n) is 12.4. The second kappa shape index (κ2) is 16.5. The molecule has 0 saturated heterocycles. The van der Waals surface area contributed by atoms with E-state index in [1.807, 2.05) is 12.1 Å². The minimum Gasteiger partial charge on any atom is -0.497 e. The van der Waals surface area contributed by atoms with Crippen LogP contribution in [0, 0.1) is 0 Å². The van der Waals surface area contributed by atoms with Gasteiger partial charge in [-0.15, -0.1) is 0 Å². The van der Waals surface area contributed by atoms with Crippen LogP contribution in [0.5, 0.6) is 5.75 Å². The number of aromatic nitrogens is 4. The summed E-state index contributed by atoms with van der Waals surface area (Å²) < 4.78 is 5.64. The van der Waals surface area contributed by atoms with Crippen LogP contribution in [0.25, 0.3) is 23.3 Å². The van der Waals surface area contributed by atoms with Crippen LogP contribution in [0.15, 0.2) is 48.5 Å². The zero-order valence-electron chi connectivity index (χ0n) is 35.7. The number of nitrogens with one attached hydrogen (secondary N) is 4. The fourth-order valence-electron chi connectivity index (χ4n) is 9.78. The molecule has 4 N–H and O–H groups in total. The number of rotatable bonds is 12. The maximum absolute atomic E-state index is 13.4. The summed E-state index contributed by atoms with van der Waals surface area (Å²) in [5.74, 6) is 0.902. The van der Waals surface area contributed by atoms with Crippen molar-refractivity contribution in [3.8, 4) is 5.75 Å². The van der Waals surface area contributed by atoms with Crippen LogP contribution in [0.3, 0.4) is 0 Å². The fourth-order valence-corrected chi connectivity index (χ4v) is 9.78. The van der Waals surface area contributed by atoms with Gasteiger partial charge in [0.2, 0.25) is 0 Å². The van der Waals surface area contributed by atoms with E-state index < -0.39 is 0 Å². The smallest absolute Gasteiger partial charge is 0.160 e. The number of hydrogen-bond donors (Lipinski definition) is 4. The molecule has 0 amide bonds. The molecule has 57 heavy (non-hydrogen) atoms. The molecule has 7 rings (SSSR count). The first-order valence-corrected chi connectivity index (χ1v) is 21.4. The Morgan fingerprint density at radius 1 is 0.509 bits per heavy atom. The van der Waals surface area contributed by atoms with Crippen molar-refractivity contribution in [2.24, 2.45) is 0 Å². The predicted octanol–water partition coefficient (Wildman–Crippen LogP) is 8.18. The molecule has 1 aliphatic rings. The van der Waals surface area contributed by atoms with Crippen molar-refractivity contribution in [1.82, 2.24) is 19.9 Å². The summed E-state index contributed by atoms with van der Waals surface area (Å²) in [5.41, 5.74) is 20.2. The maximum Gasteiger partial charge on any atom is 0.160 e. The Labute approximate surface area is 337 Å². The number of Topliss-reactive ketones (excluding diaryl/α,β-unsaturated/α-hetero) is 1. The SMILES string of the molecule is CCc1c2[nH]c(c1CC)C(c1ccc(OC)cc1)=c1[nH]c(c(CC)c1CC)=Cc1[nH]c(c(CC)c1CC)C(c1ccccc1C(C)=O)=c1[nH]c(c(CC)c1CC)=C2. The van der Waals surface area contributed by atoms with Gasteiger partial charge in [-0.1, -0.05) is 91.8 Å². The number of methoxy groups -OCH3 is 1. The molecule has 4 aromatic heterocycles. The number of hydrogen-bond acceptors (Lipinski definition) is 2. The lowest BCUT2D eigenvalue weighted by molar-refractivity contribution is 0.101. The third-order valence-corrected chi connectivity index (χ3v) is 12.4. The second-order valence-electron chi connectivity index (χ2n) is 15.2. The molecule has 0 unspecified atom stereocenters.